The van der Waals surface area contributed by atoms with Gasteiger partial charge in [0.25, 0.3) is 0 Å². The zero-order valence-corrected chi connectivity index (χ0v) is 12.8. The van der Waals surface area contributed by atoms with Crippen LogP contribution in [0.3, 0.4) is 0 Å². The van der Waals surface area contributed by atoms with Crippen LogP contribution < -0.4 is 5.43 Å². The number of anilines is 1. The number of hydrogen-bond donors (Lipinski definition) is 1. The van der Waals surface area contributed by atoms with Gasteiger partial charge in [0.2, 0.25) is 0 Å². The van der Waals surface area contributed by atoms with E-state index in [1.54, 1.807) is 13.8 Å². The molecule has 0 aliphatic heterocycles. The molecule has 0 fully saturated rings. The van der Waals surface area contributed by atoms with Gasteiger partial charge >= 0.3 is 6.18 Å². The smallest absolute Gasteiger partial charge is 0.417 e. The Hall–Kier alpha value is -2.02. The van der Waals surface area contributed by atoms with Crippen molar-refractivity contribution in [1.29, 1.82) is 0 Å². The highest BCUT2D eigenvalue weighted by Gasteiger charge is 2.31. The average Bonchev–Trinajstić information content (AvgIpc) is 2.75. The molecule has 0 atom stereocenters. The van der Waals surface area contributed by atoms with E-state index in [-0.39, 0.29) is 10.8 Å². The van der Waals surface area contributed by atoms with Crippen molar-refractivity contribution in [2.75, 3.05) is 5.43 Å². The predicted octanol–water partition coefficient (Wildman–Crippen LogP) is 4.80. The predicted molar refractivity (Wildman–Crippen MR) is 78.3 cm³/mol. The highest BCUT2D eigenvalue weighted by atomic mass is 35.5. The van der Waals surface area contributed by atoms with Crippen molar-refractivity contribution in [1.82, 2.24) is 4.98 Å². The molecule has 2 aromatic rings. The SMILES string of the molecule is C/C(=N/Nc1ncc(C(F)(F)F)cc1Cl)c1cc(C)oc1C. The van der Waals surface area contributed by atoms with Gasteiger partial charge in [0.15, 0.2) is 5.82 Å². The van der Waals surface area contributed by atoms with E-state index in [9.17, 15) is 13.2 Å². The summed E-state index contributed by atoms with van der Waals surface area (Å²) in [5.74, 6) is 1.49. The number of nitrogens with zero attached hydrogens (tertiary/aromatic N) is 2. The minimum absolute atomic E-state index is 0.0480. The molecule has 0 saturated heterocycles. The Morgan fingerprint density at radius 3 is 2.50 bits per heavy atom. The minimum Gasteiger partial charge on any atom is -0.466 e. The highest BCUT2D eigenvalue weighted by Crippen LogP contribution is 2.32. The maximum absolute atomic E-state index is 12.5. The van der Waals surface area contributed by atoms with Gasteiger partial charge in [0, 0.05) is 11.8 Å². The Kier molecular flexibility index (Phi) is 4.46. The number of rotatable bonds is 3. The van der Waals surface area contributed by atoms with Crippen LogP contribution in [-0.4, -0.2) is 10.7 Å². The van der Waals surface area contributed by atoms with Gasteiger partial charge in [-0.05, 0) is 32.9 Å². The Bertz CT molecular complexity index is 723. The van der Waals surface area contributed by atoms with Gasteiger partial charge < -0.3 is 4.42 Å². The molecule has 2 aromatic heterocycles. The zero-order valence-electron chi connectivity index (χ0n) is 12.0. The molecule has 22 heavy (non-hydrogen) atoms. The van der Waals surface area contributed by atoms with Crippen molar-refractivity contribution < 1.29 is 17.6 Å². The minimum atomic E-state index is -4.49. The van der Waals surface area contributed by atoms with Crippen LogP contribution in [0, 0.1) is 13.8 Å². The second kappa shape index (κ2) is 6.00. The molecule has 0 aliphatic carbocycles. The largest absolute Gasteiger partial charge is 0.466 e. The molecule has 0 unspecified atom stereocenters. The van der Waals surface area contributed by atoms with Crippen molar-refractivity contribution in [3.63, 3.8) is 0 Å². The van der Waals surface area contributed by atoms with Gasteiger partial charge in [0.1, 0.15) is 11.5 Å². The van der Waals surface area contributed by atoms with Gasteiger partial charge in [-0.2, -0.15) is 18.3 Å². The fourth-order valence-electron chi connectivity index (χ4n) is 1.86. The molecule has 4 nitrogen and oxygen atoms in total. The van der Waals surface area contributed by atoms with Gasteiger partial charge in [-0.3, -0.25) is 5.43 Å². The zero-order chi connectivity index (χ0) is 16.5. The first-order chi connectivity index (χ1) is 10.2. The Balaban J connectivity index is 2.21. The summed E-state index contributed by atoms with van der Waals surface area (Å²) < 4.78 is 43.0. The second-order valence-electron chi connectivity index (χ2n) is 4.69. The summed E-state index contributed by atoms with van der Waals surface area (Å²) in [6.07, 6.45) is -3.79. The number of alkyl halides is 3. The van der Waals surface area contributed by atoms with Crippen LogP contribution in [0.2, 0.25) is 5.02 Å². The van der Waals surface area contributed by atoms with E-state index in [2.05, 4.69) is 15.5 Å². The lowest BCUT2D eigenvalue weighted by atomic mass is 10.2. The van der Waals surface area contributed by atoms with E-state index in [0.29, 0.717) is 17.7 Å². The standard InChI is InChI=1S/C14H13ClF3N3O/c1-7-4-11(9(3)22-7)8(2)20-21-13-12(15)5-10(6-19-13)14(16,17)18/h4-6H,1-3H3,(H,19,21)/b20-8-. The van der Waals surface area contributed by atoms with Crippen molar-refractivity contribution in [2.24, 2.45) is 5.10 Å². The molecule has 0 aromatic carbocycles. The Morgan fingerprint density at radius 1 is 1.32 bits per heavy atom. The molecule has 1 N–H and O–H groups in total. The first kappa shape index (κ1) is 16.4. The molecule has 0 bridgehead atoms. The van der Waals surface area contributed by atoms with E-state index < -0.39 is 11.7 Å². The number of pyridine rings is 1. The van der Waals surface area contributed by atoms with E-state index in [4.69, 9.17) is 16.0 Å². The third-order valence-electron chi connectivity index (χ3n) is 2.93. The number of halogens is 4. The lowest BCUT2D eigenvalue weighted by Crippen LogP contribution is -2.07. The van der Waals surface area contributed by atoms with E-state index in [1.807, 2.05) is 13.0 Å². The normalized spacial score (nSPS) is 12.6. The number of aryl methyl sites for hydroxylation is 2. The fraction of sp³-hybridized carbons (Fsp3) is 0.286. The molecule has 2 heterocycles. The van der Waals surface area contributed by atoms with Crippen molar-refractivity contribution in [2.45, 2.75) is 26.9 Å². The van der Waals surface area contributed by atoms with Gasteiger partial charge in [-0.15, -0.1) is 0 Å². The summed E-state index contributed by atoms with van der Waals surface area (Å²) in [6, 6.07) is 2.62. The first-order valence-corrected chi connectivity index (χ1v) is 6.66. The van der Waals surface area contributed by atoms with Gasteiger partial charge in [-0.1, -0.05) is 11.6 Å². The van der Waals surface area contributed by atoms with Crippen molar-refractivity contribution in [3.8, 4) is 0 Å². The van der Waals surface area contributed by atoms with Crippen LogP contribution in [0.25, 0.3) is 0 Å². The third kappa shape index (κ3) is 3.59. The Labute approximate surface area is 130 Å². The summed E-state index contributed by atoms with van der Waals surface area (Å²) in [6.45, 7) is 5.35. The summed E-state index contributed by atoms with van der Waals surface area (Å²) in [4.78, 5) is 3.64. The molecule has 2 rings (SSSR count). The molecular formula is C14H13ClF3N3O. The first-order valence-electron chi connectivity index (χ1n) is 6.29. The Morgan fingerprint density at radius 2 is 2.00 bits per heavy atom. The van der Waals surface area contributed by atoms with Crippen LogP contribution in [0.5, 0.6) is 0 Å². The summed E-state index contributed by atoms with van der Waals surface area (Å²) in [7, 11) is 0. The van der Waals surface area contributed by atoms with Gasteiger partial charge in [-0.25, -0.2) is 4.98 Å². The average molecular weight is 332 g/mol. The highest BCUT2D eigenvalue weighted by molar-refractivity contribution is 6.33. The number of hydrazone groups is 1. The van der Waals surface area contributed by atoms with Crippen LogP contribution in [0.15, 0.2) is 27.8 Å². The van der Waals surface area contributed by atoms with Crippen molar-refractivity contribution in [3.05, 3.63) is 46.0 Å². The number of aromatic nitrogens is 1. The van der Waals surface area contributed by atoms with Crippen LogP contribution in [0.4, 0.5) is 19.0 Å². The van der Waals surface area contributed by atoms with E-state index in [0.717, 1.165) is 17.4 Å². The molecule has 0 radical (unpaired) electrons. The van der Waals surface area contributed by atoms with Gasteiger partial charge in [0.05, 0.1) is 16.3 Å². The topological polar surface area (TPSA) is 50.4 Å². The molecular weight excluding hydrogens is 319 g/mol. The van der Waals surface area contributed by atoms with Crippen LogP contribution in [-0.2, 0) is 6.18 Å². The number of nitrogens with one attached hydrogen (secondary N) is 1. The lowest BCUT2D eigenvalue weighted by molar-refractivity contribution is -0.137. The molecule has 0 amide bonds. The summed E-state index contributed by atoms with van der Waals surface area (Å²) in [5, 5.41) is 3.91. The third-order valence-corrected chi connectivity index (χ3v) is 3.22. The van der Waals surface area contributed by atoms with E-state index in [1.165, 1.54) is 0 Å². The lowest BCUT2D eigenvalue weighted by Gasteiger charge is -2.09. The maximum Gasteiger partial charge on any atom is 0.417 e. The fourth-order valence-corrected chi connectivity index (χ4v) is 2.07. The summed E-state index contributed by atoms with van der Waals surface area (Å²) >= 11 is 5.79. The van der Waals surface area contributed by atoms with Crippen molar-refractivity contribution >= 4 is 23.1 Å². The van der Waals surface area contributed by atoms with Crippen LogP contribution >= 0.6 is 11.6 Å². The molecule has 0 spiro atoms. The molecule has 0 saturated carbocycles. The summed E-state index contributed by atoms with van der Waals surface area (Å²) in [5.41, 5.74) is 3.05. The maximum atomic E-state index is 12.5. The monoisotopic (exact) mass is 331 g/mol. The second-order valence-corrected chi connectivity index (χ2v) is 5.10. The quantitative estimate of drug-likeness (QED) is 0.649. The molecule has 8 heteroatoms. The number of hydrogen-bond acceptors (Lipinski definition) is 4. The number of furan rings is 1. The van der Waals surface area contributed by atoms with E-state index >= 15 is 0 Å². The molecule has 118 valence electrons. The van der Waals surface area contributed by atoms with Crippen LogP contribution in [0.1, 0.15) is 29.6 Å². The molecule has 0 aliphatic rings.